The van der Waals surface area contributed by atoms with Crippen LogP contribution in [0.1, 0.15) is 10.4 Å². The molecule has 0 saturated carbocycles. The van der Waals surface area contributed by atoms with Gasteiger partial charge in [-0.1, -0.05) is 0 Å². The summed E-state index contributed by atoms with van der Waals surface area (Å²) in [5.41, 5.74) is 0.645. The number of hydrogen-bond acceptors (Lipinski definition) is 3. The van der Waals surface area contributed by atoms with Crippen LogP contribution < -0.4 is 10.9 Å². The van der Waals surface area contributed by atoms with Crippen molar-refractivity contribution < 1.29 is 18.0 Å². The molecule has 138 valence electrons. The van der Waals surface area contributed by atoms with Crippen LogP contribution in [-0.4, -0.2) is 22.0 Å². The van der Waals surface area contributed by atoms with Gasteiger partial charge in [-0.2, -0.15) is 0 Å². The SMILES string of the molecule is O=C(NCCn1cnc(-c2ccc(F)cc2)cc1=O)c1ccc(F)c(F)c1. The molecule has 5 nitrogen and oxygen atoms in total. The molecule has 0 unspecified atom stereocenters. The fraction of sp³-hybridized carbons (Fsp3) is 0.105. The molecule has 0 spiro atoms. The highest BCUT2D eigenvalue weighted by atomic mass is 19.2. The van der Waals surface area contributed by atoms with Gasteiger partial charge in [0.1, 0.15) is 5.82 Å². The molecule has 27 heavy (non-hydrogen) atoms. The van der Waals surface area contributed by atoms with Crippen molar-refractivity contribution in [1.82, 2.24) is 14.9 Å². The molecule has 0 saturated heterocycles. The number of benzene rings is 2. The highest BCUT2D eigenvalue weighted by Crippen LogP contribution is 2.15. The van der Waals surface area contributed by atoms with Crippen LogP contribution in [0.15, 0.2) is 59.7 Å². The summed E-state index contributed by atoms with van der Waals surface area (Å²) in [6.45, 7) is 0.236. The summed E-state index contributed by atoms with van der Waals surface area (Å²) < 4.78 is 40.3. The molecule has 2 aromatic carbocycles. The molecular formula is C19H14F3N3O2. The first-order chi connectivity index (χ1) is 12.9. The van der Waals surface area contributed by atoms with E-state index < -0.39 is 17.5 Å². The predicted molar refractivity (Wildman–Crippen MR) is 92.6 cm³/mol. The van der Waals surface area contributed by atoms with Crippen molar-refractivity contribution in [2.24, 2.45) is 0 Å². The van der Waals surface area contributed by atoms with Crippen molar-refractivity contribution in [3.63, 3.8) is 0 Å². The number of nitrogens with zero attached hydrogens (tertiary/aromatic N) is 2. The number of nitrogens with one attached hydrogen (secondary N) is 1. The van der Waals surface area contributed by atoms with Gasteiger partial charge in [-0.05, 0) is 42.5 Å². The molecule has 1 heterocycles. The van der Waals surface area contributed by atoms with Crippen molar-refractivity contribution in [3.8, 4) is 11.3 Å². The molecule has 3 aromatic rings. The zero-order valence-corrected chi connectivity index (χ0v) is 14.0. The molecule has 0 bridgehead atoms. The largest absolute Gasteiger partial charge is 0.350 e. The Balaban J connectivity index is 1.62. The van der Waals surface area contributed by atoms with Crippen molar-refractivity contribution in [3.05, 3.63) is 88.2 Å². The maximum Gasteiger partial charge on any atom is 0.253 e. The van der Waals surface area contributed by atoms with Crippen LogP contribution in [0, 0.1) is 17.5 Å². The fourth-order valence-electron chi connectivity index (χ4n) is 2.40. The van der Waals surface area contributed by atoms with Gasteiger partial charge in [-0.15, -0.1) is 0 Å². The molecule has 1 amide bonds. The summed E-state index contributed by atoms with van der Waals surface area (Å²) in [5.74, 6) is -3.12. The molecule has 0 radical (unpaired) electrons. The number of aromatic nitrogens is 2. The minimum absolute atomic E-state index is 0.0222. The van der Waals surface area contributed by atoms with Gasteiger partial charge in [0.05, 0.1) is 12.0 Å². The molecule has 0 aliphatic rings. The van der Waals surface area contributed by atoms with E-state index in [1.54, 1.807) is 0 Å². The van der Waals surface area contributed by atoms with Gasteiger partial charge in [0, 0.05) is 30.3 Å². The normalized spacial score (nSPS) is 10.6. The summed E-state index contributed by atoms with van der Waals surface area (Å²) in [6, 6.07) is 9.73. The number of halogens is 3. The highest BCUT2D eigenvalue weighted by molar-refractivity contribution is 5.94. The van der Waals surface area contributed by atoms with E-state index in [1.807, 2.05) is 0 Å². The van der Waals surface area contributed by atoms with Crippen LogP contribution in [-0.2, 0) is 6.54 Å². The summed E-state index contributed by atoms with van der Waals surface area (Å²) in [5, 5.41) is 2.52. The predicted octanol–water partition coefficient (Wildman–Crippen LogP) is 2.76. The average molecular weight is 373 g/mol. The second kappa shape index (κ2) is 7.86. The van der Waals surface area contributed by atoms with Crippen molar-refractivity contribution in [2.75, 3.05) is 6.54 Å². The summed E-state index contributed by atoms with van der Waals surface area (Å²) in [7, 11) is 0. The standard InChI is InChI=1S/C19H14F3N3O2/c20-14-4-1-12(2-5-14)17-10-18(26)25(11-24-17)8-7-23-19(27)13-3-6-15(21)16(22)9-13/h1-6,9-11H,7-8H2,(H,23,27). The molecule has 0 aliphatic carbocycles. The van der Waals surface area contributed by atoms with Gasteiger partial charge in [0.15, 0.2) is 11.6 Å². The van der Waals surface area contributed by atoms with E-state index in [4.69, 9.17) is 0 Å². The van der Waals surface area contributed by atoms with Crippen LogP contribution in [0.4, 0.5) is 13.2 Å². The zero-order chi connectivity index (χ0) is 19.4. The maximum atomic E-state index is 13.1. The Bertz CT molecular complexity index is 1030. The molecule has 8 heteroatoms. The monoisotopic (exact) mass is 373 g/mol. The lowest BCUT2D eigenvalue weighted by atomic mass is 10.1. The van der Waals surface area contributed by atoms with Gasteiger partial charge in [-0.25, -0.2) is 18.2 Å². The maximum absolute atomic E-state index is 13.1. The van der Waals surface area contributed by atoms with E-state index in [9.17, 15) is 22.8 Å². The highest BCUT2D eigenvalue weighted by Gasteiger charge is 2.09. The van der Waals surface area contributed by atoms with E-state index in [0.717, 1.165) is 12.1 Å². The minimum atomic E-state index is -1.11. The van der Waals surface area contributed by atoms with Crippen molar-refractivity contribution in [1.29, 1.82) is 0 Å². The summed E-state index contributed by atoms with van der Waals surface area (Å²) in [4.78, 5) is 28.2. The smallest absolute Gasteiger partial charge is 0.253 e. The number of carbonyl (C=O) groups excluding carboxylic acids is 1. The first-order valence-corrected chi connectivity index (χ1v) is 8.00. The van der Waals surface area contributed by atoms with E-state index in [2.05, 4.69) is 10.3 Å². The molecule has 0 aliphatic heterocycles. The second-order valence-electron chi connectivity index (χ2n) is 5.70. The number of hydrogen-bond donors (Lipinski definition) is 1. The number of rotatable bonds is 5. The molecular weight excluding hydrogens is 359 g/mol. The third kappa shape index (κ3) is 4.41. The number of carbonyl (C=O) groups is 1. The van der Waals surface area contributed by atoms with Gasteiger partial charge in [0.25, 0.3) is 11.5 Å². The Hall–Kier alpha value is -3.42. The molecule has 0 fully saturated rings. The van der Waals surface area contributed by atoms with Crippen LogP contribution >= 0.6 is 0 Å². The Morgan fingerprint density at radius 3 is 2.41 bits per heavy atom. The van der Waals surface area contributed by atoms with E-state index in [0.29, 0.717) is 11.3 Å². The lowest BCUT2D eigenvalue weighted by Crippen LogP contribution is -2.30. The Morgan fingerprint density at radius 2 is 1.74 bits per heavy atom. The van der Waals surface area contributed by atoms with Crippen molar-refractivity contribution in [2.45, 2.75) is 6.54 Å². The molecule has 0 atom stereocenters. The van der Waals surface area contributed by atoms with Crippen molar-refractivity contribution >= 4 is 5.91 Å². The topological polar surface area (TPSA) is 64.0 Å². The van der Waals surface area contributed by atoms with E-state index >= 15 is 0 Å². The van der Waals surface area contributed by atoms with Gasteiger partial charge in [0.2, 0.25) is 0 Å². The second-order valence-corrected chi connectivity index (χ2v) is 5.70. The molecule has 1 aromatic heterocycles. The lowest BCUT2D eigenvalue weighted by Gasteiger charge is -2.08. The van der Waals surface area contributed by atoms with Gasteiger partial charge >= 0.3 is 0 Å². The van der Waals surface area contributed by atoms with Crippen LogP contribution in [0.5, 0.6) is 0 Å². The van der Waals surface area contributed by atoms with Gasteiger partial charge < -0.3 is 5.32 Å². The van der Waals surface area contributed by atoms with Crippen LogP contribution in [0.3, 0.4) is 0 Å². The fourth-order valence-corrected chi connectivity index (χ4v) is 2.40. The Morgan fingerprint density at radius 1 is 1.00 bits per heavy atom. The molecule has 3 rings (SSSR count). The minimum Gasteiger partial charge on any atom is -0.350 e. The van der Waals surface area contributed by atoms with Crippen LogP contribution in [0.25, 0.3) is 11.3 Å². The first-order valence-electron chi connectivity index (χ1n) is 8.00. The van der Waals surface area contributed by atoms with E-state index in [1.165, 1.54) is 47.3 Å². The lowest BCUT2D eigenvalue weighted by molar-refractivity contribution is 0.0951. The van der Waals surface area contributed by atoms with E-state index in [-0.39, 0.29) is 30.0 Å². The first kappa shape index (κ1) is 18.4. The van der Waals surface area contributed by atoms with Gasteiger partial charge in [-0.3, -0.25) is 14.2 Å². The quantitative estimate of drug-likeness (QED) is 0.748. The number of amides is 1. The van der Waals surface area contributed by atoms with Crippen LogP contribution in [0.2, 0.25) is 0 Å². The Kier molecular flexibility index (Phi) is 5.35. The third-order valence-corrected chi connectivity index (χ3v) is 3.84. The average Bonchev–Trinajstić information content (AvgIpc) is 2.65. The summed E-state index contributed by atoms with van der Waals surface area (Å²) in [6.07, 6.45) is 1.32. The molecule has 1 N–H and O–H groups in total. The summed E-state index contributed by atoms with van der Waals surface area (Å²) >= 11 is 0. The third-order valence-electron chi connectivity index (χ3n) is 3.84. The zero-order valence-electron chi connectivity index (χ0n) is 14.0. The Labute approximate surface area is 152 Å².